The molecule has 1 fully saturated rings. The van der Waals surface area contributed by atoms with E-state index in [2.05, 4.69) is 36.3 Å². The molecule has 46 heavy (non-hydrogen) atoms. The van der Waals surface area contributed by atoms with Gasteiger partial charge in [0.2, 0.25) is 5.91 Å². The van der Waals surface area contributed by atoms with E-state index in [4.69, 9.17) is 14.2 Å². The third-order valence-electron chi connectivity index (χ3n) is 9.40. The van der Waals surface area contributed by atoms with Crippen LogP contribution in [0.5, 0.6) is 11.5 Å². The molecule has 0 bridgehead atoms. The topological polar surface area (TPSA) is 101 Å². The van der Waals surface area contributed by atoms with Crippen LogP contribution in [0.1, 0.15) is 88.1 Å². The number of methoxy groups -OCH3 is 1. The van der Waals surface area contributed by atoms with Crippen LogP contribution in [-0.4, -0.2) is 85.4 Å². The molecule has 1 heterocycles. The van der Waals surface area contributed by atoms with Crippen LogP contribution < -0.4 is 14.8 Å². The quantitative estimate of drug-likeness (QED) is 0.341. The van der Waals surface area contributed by atoms with Crippen LogP contribution in [0.15, 0.2) is 42.5 Å². The number of fused-ring (bicyclic) bond motifs is 1. The highest BCUT2D eigenvalue weighted by Gasteiger charge is 2.31. The first-order valence-electron chi connectivity index (χ1n) is 17.1. The molecule has 2 amide bonds. The largest absolute Gasteiger partial charge is 0.497 e. The summed E-state index contributed by atoms with van der Waals surface area (Å²) in [7, 11) is 3.75. The predicted octanol–water partition coefficient (Wildman–Crippen LogP) is 6.14. The lowest BCUT2D eigenvalue weighted by Gasteiger charge is -2.36. The van der Waals surface area contributed by atoms with E-state index in [0.29, 0.717) is 36.7 Å². The number of nitrogens with one attached hydrogen (secondary N) is 1. The van der Waals surface area contributed by atoms with E-state index in [-0.39, 0.29) is 42.5 Å². The Morgan fingerprint density at radius 3 is 2.48 bits per heavy atom. The van der Waals surface area contributed by atoms with Crippen molar-refractivity contribution in [3.05, 3.63) is 53.6 Å². The highest BCUT2D eigenvalue weighted by atomic mass is 16.5. The van der Waals surface area contributed by atoms with Crippen molar-refractivity contribution in [3.8, 4) is 11.5 Å². The Hall–Kier alpha value is -3.14. The Morgan fingerprint density at radius 2 is 1.78 bits per heavy atom. The van der Waals surface area contributed by atoms with E-state index in [1.165, 1.54) is 12.0 Å². The molecule has 1 aliphatic carbocycles. The summed E-state index contributed by atoms with van der Waals surface area (Å²) in [4.78, 5) is 31.4. The maximum absolute atomic E-state index is 14.4. The van der Waals surface area contributed by atoms with Gasteiger partial charge in [-0.2, -0.15) is 0 Å². The van der Waals surface area contributed by atoms with Crippen LogP contribution in [0.3, 0.4) is 0 Å². The van der Waals surface area contributed by atoms with E-state index in [9.17, 15) is 14.7 Å². The first-order valence-corrected chi connectivity index (χ1v) is 17.1. The molecule has 0 saturated heterocycles. The number of benzene rings is 2. The van der Waals surface area contributed by atoms with Gasteiger partial charge >= 0.3 is 0 Å². The van der Waals surface area contributed by atoms with Gasteiger partial charge in [-0.05, 0) is 88.9 Å². The molecular formula is C37H55N3O6. The fraction of sp³-hybridized carbons (Fsp3) is 0.622. The predicted molar refractivity (Wildman–Crippen MR) is 181 cm³/mol. The van der Waals surface area contributed by atoms with Gasteiger partial charge in [0.1, 0.15) is 11.5 Å². The smallest absolute Gasteiger partial charge is 0.258 e. The van der Waals surface area contributed by atoms with E-state index in [0.717, 1.165) is 57.2 Å². The Balaban J connectivity index is 1.57. The second-order valence-corrected chi connectivity index (χ2v) is 13.4. The standard InChI is InChI=1S/C37H55N3O6/c1-26-22-40(27(2)25-41)37(43)33-21-31(38-36(42)30-12-7-6-8-13-30)16-19-34(33)46-28(3)11-9-10-20-45-35(26)24-39(4)23-29-14-17-32(44-5)18-15-29/h14-19,21,26-28,30,35,41H,6-13,20,22-25H2,1-5H3,(H,38,42)/t26-,27-,28+,35+/m1/s1. The Labute approximate surface area is 275 Å². The summed E-state index contributed by atoms with van der Waals surface area (Å²) in [6.45, 7) is 8.29. The van der Waals surface area contributed by atoms with Crippen molar-refractivity contribution in [1.82, 2.24) is 9.80 Å². The number of aliphatic hydroxyl groups is 1. The van der Waals surface area contributed by atoms with Crippen molar-refractivity contribution < 1.29 is 28.9 Å². The zero-order chi connectivity index (χ0) is 33.1. The minimum atomic E-state index is -0.425. The SMILES string of the molecule is COc1ccc(CN(C)C[C@@H]2OCCCC[C@H](C)Oc3ccc(NC(=O)C4CCCCC4)cc3C(=O)N([C@H](C)CO)C[C@H]2C)cc1. The van der Waals surface area contributed by atoms with Crippen LogP contribution in [0.2, 0.25) is 0 Å². The van der Waals surface area contributed by atoms with Gasteiger partial charge in [0, 0.05) is 43.8 Å². The molecule has 254 valence electrons. The molecule has 2 aromatic carbocycles. The molecule has 4 atom stereocenters. The minimum absolute atomic E-state index is 0.000868. The van der Waals surface area contributed by atoms with Crippen LogP contribution in [-0.2, 0) is 16.1 Å². The second-order valence-electron chi connectivity index (χ2n) is 13.4. The lowest BCUT2D eigenvalue weighted by molar-refractivity contribution is -0.120. The van der Waals surface area contributed by atoms with Crippen molar-refractivity contribution >= 4 is 17.5 Å². The minimum Gasteiger partial charge on any atom is -0.497 e. The fourth-order valence-electron chi connectivity index (χ4n) is 6.49. The number of carbonyl (C=O) groups is 2. The number of hydrogen-bond donors (Lipinski definition) is 2. The van der Waals surface area contributed by atoms with Crippen LogP contribution in [0.4, 0.5) is 5.69 Å². The van der Waals surface area contributed by atoms with Crippen LogP contribution in [0.25, 0.3) is 0 Å². The van der Waals surface area contributed by atoms with Gasteiger partial charge in [-0.15, -0.1) is 0 Å². The van der Waals surface area contributed by atoms with Gasteiger partial charge in [-0.25, -0.2) is 0 Å². The number of nitrogens with zero attached hydrogens (tertiary/aromatic N) is 2. The molecular weight excluding hydrogens is 582 g/mol. The summed E-state index contributed by atoms with van der Waals surface area (Å²) in [5.74, 6) is 1.09. The number of aliphatic hydroxyl groups excluding tert-OH is 1. The summed E-state index contributed by atoms with van der Waals surface area (Å²) in [5.41, 5.74) is 2.16. The average Bonchev–Trinajstić information content (AvgIpc) is 3.06. The third kappa shape index (κ3) is 10.2. The van der Waals surface area contributed by atoms with Crippen molar-refractivity contribution in [3.63, 3.8) is 0 Å². The number of ether oxygens (including phenoxy) is 3. The molecule has 2 aromatic rings. The van der Waals surface area contributed by atoms with Crippen molar-refractivity contribution in [1.29, 1.82) is 0 Å². The maximum atomic E-state index is 14.4. The van der Waals surface area contributed by atoms with Gasteiger partial charge in [0.05, 0.1) is 37.5 Å². The molecule has 1 aliphatic heterocycles. The second kappa shape index (κ2) is 17.7. The first-order chi connectivity index (χ1) is 22.2. The summed E-state index contributed by atoms with van der Waals surface area (Å²) in [6.07, 6.45) is 7.56. The number of anilines is 1. The molecule has 0 aromatic heterocycles. The van der Waals surface area contributed by atoms with Gasteiger partial charge < -0.3 is 29.5 Å². The number of likely N-dealkylation sites (N-methyl/N-ethyl adjacent to an activating group) is 1. The van der Waals surface area contributed by atoms with Crippen LogP contribution >= 0.6 is 0 Å². The number of rotatable bonds is 9. The Kier molecular flexibility index (Phi) is 13.7. The first kappa shape index (κ1) is 35.7. The summed E-state index contributed by atoms with van der Waals surface area (Å²) in [5, 5.41) is 13.3. The van der Waals surface area contributed by atoms with Gasteiger partial charge in [-0.1, -0.05) is 38.3 Å². The van der Waals surface area contributed by atoms with Crippen LogP contribution in [0, 0.1) is 11.8 Å². The van der Waals surface area contributed by atoms with Gasteiger partial charge in [0.25, 0.3) is 5.91 Å². The maximum Gasteiger partial charge on any atom is 0.258 e. The van der Waals surface area contributed by atoms with E-state index in [1.54, 1.807) is 24.1 Å². The van der Waals surface area contributed by atoms with Crippen molar-refractivity contribution in [2.75, 3.05) is 45.8 Å². The number of hydrogen-bond acceptors (Lipinski definition) is 7. The monoisotopic (exact) mass is 637 g/mol. The molecule has 1 saturated carbocycles. The normalized spacial score (nSPS) is 22.8. The van der Waals surface area contributed by atoms with E-state index < -0.39 is 6.04 Å². The Morgan fingerprint density at radius 1 is 1.07 bits per heavy atom. The third-order valence-corrected chi connectivity index (χ3v) is 9.40. The molecule has 2 N–H and O–H groups in total. The molecule has 2 aliphatic rings. The highest BCUT2D eigenvalue weighted by molar-refractivity contribution is 6.00. The van der Waals surface area contributed by atoms with Gasteiger partial charge in [-0.3, -0.25) is 14.5 Å². The zero-order valence-electron chi connectivity index (χ0n) is 28.5. The van der Waals surface area contributed by atoms with Gasteiger partial charge in [0.15, 0.2) is 0 Å². The molecule has 4 rings (SSSR count). The number of amides is 2. The fourth-order valence-corrected chi connectivity index (χ4v) is 6.49. The molecule has 9 nitrogen and oxygen atoms in total. The summed E-state index contributed by atoms with van der Waals surface area (Å²) >= 11 is 0. The average molecular weight is 638 g/mol. The highest BCUT2D eigenvalue weighted by Crippen LogP contribution is 2.30. The summed E-state index contributed by atoms with van der Waals surface area (Å²) < 4.78 is 18.2. The van der Waals surface area contributed by atoms with Crippen molar-refractivity contribution in [2.24, 2.45) is 11.8 Å². The van der Waals surface area contributed by atoms with E-state index in [1.807, 2.05) is 32.0 Å². The molecule has 0 unspecified atom stereocenters. The zero-order valence-corrected chi connectivity index (χ0v) is 28.5. The molecule has 0 spiro atoms. The lowest BCUT2D eigenvalue weighted by Crippen LogP contribution is -2.47. The van der Waals surface area contributed by atoms with E-state index >= 15 is 0 Å². The van der Waals surface area contributed by atoms with Crippen molar-refractivity contribution in [2.45, 2.75) is 96.9 Å². The molecule has 0 radical (unpaired) electrons. The Bertz CT molecular complexity index is 1250. The number of carbonyl (C=O) groups excluding carboxylic acids is 2. The lowest BCUT2D eigenvalue weighted by atomic mass is 9.88. The summed E-state index contributed by atoms with van der Waals surface area (Å²) in [6, 6.07) is 13.0. The molecule has 9 heteroatoms.